The minimum atomic E-state index is -0.0343. The maximum Gasteiger partial charge on any atom is 0.238 e. The predicted octanol–water partition coefficient (Wildman–Crippen LogP) is 6.64. The average Bonchev–Trinajstić information content (AvgIpc) is 3.84. The summed E-state index contributed by atoms with van der Waals surface area (Å²) in [5.74, 6) is 1.80. The Balaban J connectivity index is 1.24. The first kappa shape index (κ1) is 37.0. The third-order valence-corrected chi connectivity index (χ3v) is 12.0. The molecule has 7 aromatic carbocycles. The Labute approximate surface area is 360 Å². The van der Waals surface area contributed by atoms with Crippen molar-refractivity contribution in [3.05, 3.63) is 170 Å². The Morgan fingerprint density at radius 1 is 0.475 bits per heavy atom. The highest BCUT2D eigenvalue weighted by atomic mass is 15.2. The number of hydrogen-bond donors (Lipinski definition) is 0. The molecule has 5 nitrogen and oxygen atoms in total. The lowest BCUT2D eigenvalue weighted by Crippen LogP contribution is -2.55. The first-order valence-corrected chi connectivity index (χ1v) is 20.2. The van der Waals surface area contributed by atoms with Gasteiger partial charge >= 0.3 is 0 Å². The molecule has 0 saturated carbocycles. The van der Waals surface area contributed by atoms with Gasteiger partial charge < -0.3 is 4.57 Å². The van der Waals surface area contributed by atoms with Gasteiger partial charge in [0.15, 0.2) is 5.82 Å². The monoisotopic (exact) mass is 767 g/mol. The van der Waals surface area contributed by atoms with Crippen LogP contribution in [0.2, 0.25) is 0 Å². The van der Waals surface area contributed by atoms with Crippen molar-refractivity contribution in [2.24, 2.45) is 0 Å². The van der Waals surface area contributed by atoms with Crippen molar-refractivity contribution in [1.29, 1.82) is 0 Å². The molecule has 0 saturated heterocycles. The van der Waals surface area contributed by atoms with Crippen molar-refractivity contribution in [2.45, 2.75) is 12.3 Å². The fourth-order valence-electron chi connectivity index (χ4n) is 9.02. The number of aromatic nitrogens is 5. The van der Waals surface area contributed by atoms with Gasteiger partial charge in [-0.15, -0.1) is 16.4 Å². The number of nitrogens with zero attached hydrogens (tertiary/aromatic N) is 5. The van der Waals surface area contributed by atoms with Crippen LogP contribution < -0.4 is 27.3 Å². The summed E-state index contributed by atoms with van der Waals surface area (Å²) in [6, 6.07) is 48.1. The van der Waals surface area contributed by atoms with Crippen molar-refractivity contribution < 1.29 is 0 Å². The van der Waals surface area contributed by atoms with E-state index in [4.69, 9.17) is 54.2 Å². The van der Waals surface area contributed by atoms with Gasteiger partial charge in [0.25, 0.3) is 0 Å². The lowest BCUT2D eigenvalue weighted by molar-refractivity contribution is 0.750. The zero-order valence-corrected chi connectivity index (χ0v) is 33.0. The van der Waals surface area contributed by atoms with Crippen LogP contribution >= 0.6 is 0 Å². The minimum Gasteiger partial charge on any atom is -0.307 e. The van der Waals surface area contributed by atoms with Crippen LogP contribution in [0.4, 0.5) is 0 Å². The van der Waals surface area contributed by atoms with Crippen molar-refractivity contribution in [2.75, 3.05) is 0 Å². The van der Waals surface area contributed by atoms with E-state index in [1.165, 1.54) is 0 Å². The molecule has 0 aliphatic heterocycles. The molecule has 1 atom stereocenters. The van der Waals surface area contributed by atoms with Crippen LogP contribution in [0.3, 0.4) is 0 Å². The Hall–Kier alpha value is -7.05. The number of benzene rings is 7. The molecule has 0 amide bonds. The third-order valence-electron chi connectivity index (χ3n) is 12.0. The zero-order chi connectivity index (χ0) is 41.4. The summed E-state index contributed by atoms with van der Waals surface area (Å²) in [5.41, 5.74) is 10.3. The molecule has 11 rings (SSSR count). The van der Waals surface area contributed by atoms with Crippen LogP contribution in [0.1, 0.15) is 18.2 Å². The van der Waals surface area contributed by atoms with Crippen molar-refractivity contribution >= 4 is 110 Å². The maximum atomic E-state index is 6.62. The fraction of sp³-hybridized carbons (Fsp3) is 0.0392. The number of fused-ring (bicyclic) bond motifs is 7. The highest BCUT2D eigenvalue weighted by Gasteiger charge is 2.25. The van der Waals surface area contributed by atoms with Crippen LogP contribution in [0.5, 0.6) is 0 Å². The SMILES string of the molecule is [B]c1c([B])c([B])c(-c2cccc(-n3c4ccccc4c4ccc5c6ccccc6n(-c6nc(-c7ccccc7-c7ccccc7)nc(C7C=CC=CC7)n6)c5c43)c2)c([B])c1[B]. The van der Waals surface area contributed by atoms with Gasteiger partial charge in [0.05, 0.1) is 22.1 Å². The first-order chi connectivity index (χ1) is 29.9. The van der Waals surface area contributed by atoms with E-state index in [0.29, 0.717) is 23.2 Å². The van der Waals surface area contributed by atoms with Crippen molar-refractivity contribution in [3.8, 4) is 45.3 Å². The summed E-state index contributed by atoms with van der Waals surface area (Å²) < 4.78 is 4.51. The topological polar surface area (TPSA) is 48.5 Å². The number of hydrogen-bond acceptors (Lipinski definition) is 3. The van der Waals surface area contributed by atoms with E-state index in [1.807, 2.05) is 24.3 Å². The molecule has 10 radical (unpaired) electrons. The molecule has 3 heterocycles. The summed E-state index contributed by atoms with van der Waals surface area (Å²) >= 11 is 0. The molecule has 10 heteroatoms. The van der Waals surface area contributed by atoms with Crippen LogP contribution in [0.15, 0.2) is 164 Å². The number of rotatable bonds is 6. The summed E-state index contributed by atoms with van der Waals surface area (Å²) in [4.78, 5) is 16.0. The molecule has 10 aromatic rings. The van der Waals surface area contributed by atoms with Crippen LogP contribution in [0, 0.1) is 0 Å². The molecule has 1 unspecified atom stereocenters. The van der Waals surface area contributed by atoms with E-state index in [2.05, 4.69) is 149 Å². The smallest absolute Gasteiger partial charge is 0.238 e. The van der Waals surface area contributed by atoms with Gasteiger partial charge in [0, 0.05) is 38.7 Å². The van der Waals surface area contributed by atoms with Gasteiger partial charge in [0.2, 0.25) is 5.95 Å². The minimum absolute atomic E-state index is 0.0343. The van der Waals surface area contributed by atoms with Crippen LogP contribution in [-0.2, 0) is 0 Å². The average molecular weight is 767 g/mol. The van der Waals surface area contributed by atoms with Gasteiger partial charge in [-0.2, -0.15) is 9.97 Å². The van der Waals surface area contributed by atoms with E-state index in [1.54, 1.807) is 0 Å². The van der Waals surface area contributed by atoms with Gasteiger partial charge in [0.1, 0.15) is 45.1 Å². The second-order valence-corrected chi connectivity index (χ2v) is 15.4. The highest BCUT2D eigenvalue weighted by molar-refractivity contribution is 6.68. The van der Waals surface area contributed by atoms with E-state index >= 15 is 0 Å². The van der Waals surface area contributed by atoms with Crippen molar-refractivity contribution in [3.63, 3.8) is 0 Å². The molecular formula is C51H30B5N5. The van der Waals surface area contributed by atoms with Crippen LogP contribution in [0.25, 0.3) is 88.9 Å². The number of allylic oxidation sites excluding steroid dienone is 4. The largest absolute Gasteiger partial charge is 0.307 e. The summed E-state index contributed by atoms with van der Waals surface area (Å²) in [6.07, 6.45) is 9.25. The standard InChI is InChI=1S/C51H30B5N5/c52-42-41(43(53)45(55)46(56)44(42)54)31-18-13-19-32(28-31)60-39-24-11-9-21-34(39)36-26-27-37-35-22-10-12-25-40(35)61(48(37)47(36)60)51-58-49(30-16-5-2-6-17-30)57-50(59-51)38-23-8-7-20-33(38)29-14-3-1-4-15-29/h1-16,18-28,30H,17H2. The quantitative estimate of drug-likeness (QED) is 0.179. The maximum absolute atomic E-state index is 6.62. The normalized spacial score (nSPS) is 13.9. The second kappa shape index (κ2) is 14.6. The molecule has 3 aromatic heterocycles. The van der Waals surface area contributed by atoms with Gasteiger partial charge in [-0.25, -0.2) is 4.98 Å². The Kier molecular flexibility index (Phi) is 8.85. The van der Waals surface area contributed by atoms with Gasteiger partial charge in [-0.1, -0.05) is 150 Å². The molecule has 0 N–H and O–H groups in total. The van der Waals surface area contributed by atoms with Gasteiger partial charge in [-0.3, -0.25) is 4.57 Å². The fourth-order valence-corrected chi connectivity index (χ4v) is 9.02. The van der Waals surface area contributed by atoms with Gasteiger partial charge in [-0.05, 0) is 52.9 Å². The van der Waals surface area contributed by atoms with E-state index in [-0.39, 0.29) is 33.2 Å². The Bertz CT molecular complexity index is 3450. The molecule has 1 aliphatic carbocycles. The lowest BCUT2D eigenvalue weighted by Gasteiger charge is -2.22. The molecule has 0 bridgehead atoms. The zero-order valence-electron chi connectivity index (χ0n) is 33.0. The van der Waals surface area contributed by atoms with E-state index < -0.39 is 0 Å². The second-order valence-electron chi connectivity index (χ2n) is 15.4. The number of para-hydroxylation sites is 2. The molecule has 0 fully saturated rings. The Morgan fingerprint density at radius 2 is 1.07 bits per heavy atom. The van der Waals surface area contributed by atoms with Crippen LogP contribution in [-0.4, -0.2) is 63.3 Å². The molecule has 61 heavy (non-hydrogen) atoms. The molecule has 274 valence electrons. The summed E-state index contributed by atoms with van der Waals surface area (Å²) in [6.45, 7) is 0. The summed E-state index contributed by atoms with van der Waals surface area (Å²) in [5, 5.41) is 4.30. The summed E-state index contributed by atoms with van der Waals surface area (Å²) in [7, 11) is 32.2. The third kappa shape index (κ3) is 5.88. The predicted molar refractivity (Wildman–Crippen MR) is 257 cm³/mol. The first-order valence-electron chi connectivity index (χ1n) is 20.2. The van der Waals surface area contributed by atoms with E-state index in [0.717, 1.165) is 78.0 Å². The van der Waals surface area contributed by atoms with Crippen molar-refractivity contribution in [1.82, 2.24) is 24.1 Å². The Morgan fingerprint density at radius 3 is 1.75 bits per heavy atom. The lowest BCUT2D eigenvalue weighted by atomic mass is 9.59. The molecule has 0 spiro atoms. The van der Waals surface area contributed by atoms with E-state index in [9.17, 15) is 0 Å². The molecule has 1 aliphatic rings. The molecular weight excluding hydrogens is 737 g/mol. The highest BCUT2D eigenvalue weighted by Crippen LogP contribution is 2.42.